The first-order valence-corrected chi connectivity index (χ1v) is 10.8. The van der Waals surface area contributed by atoms with Gasteiger partial charge in [0.25, 0.3) is 0 Å². The van der Waals surface area contributed by atoms with Crippen molar-refractivity contribution in [3.63, 3.8) is 0 Å². The lowest BCUT2D eigenvalue weighted by Gasteiger charge is -2.21. The second-order valence-electron chi connectivity index (χ2n) is 6.43. The molecule has 1 aliphatic carbocycles. The molecule has 0 amide bonds. The minimum absolute atomic E-state index is 0.0796. The molecule has 2 rings (SSSR count). The van der Waals surface area contributed by atoms with Gasteiger partial charge in [-0.2, -0.15) is 0 Å². The predicted octanol–water partition coefficient (Wildman–Crippen LogP) is 3.57. The number of isothiocyanates is 1. The van der Waals surface area contributed by atoms with Gasteiger partial charge in [-0.1, -0.05) is 24.3 Å². The Hall–Kier alpha value is -1.40. The summed E-state index contributed by atoms with van der Waals surface area (Å²) in [7, 11) is -4.46. The average Bonchev–Trinajstić information content (AvgIpc) is 2.85. The fourth-order valence-corrected chi connectivity index (χ4v) is 3.89. The van der Waals surface area contributed by atoms with Crippen LogP contribution in [0.5, 0.6) is 0 Å². The van der Waals surface area contributed by atoms with Crippen molar-refractivity contribution in [2.75, 3.05) is 19.8 Å². The third-order valence-corrected chi connectivity index (χ3v) is 5.22. The van der Waals surface area contributed by atoms with Gasteiger partial charge in [0.1, 0.15) is 0 Å². The molecule has 9 heteroatoms. The van der Waals surface area contributed by atoms with Gasteiger partial charge in [0.05, 0.1) is 18.4 Å². The summed E-state index contributed by atoms with van der Waals surface area (Å²) in [5.74, 6) is 0.354. The maximum absolute atomic E-state index is 12.0. The van der Waals surface area contributed by atoms with Gasteiger partial charge in [0.15, 0.2) is 0 Å². The summed E-state index contributed by atoms with van der Waals surface area (Å²) in [5.41, 5.74) is 2.55. The first-order valence-electron chi connectivity index (χ1n) is 8.90. The molecular weight excluding hydrogens is 389 g/mol. The quantitative estimate of drug-likeness (QED) is 0.177. The van der Waals surface area contributed by atoms with Crippen molar-refractivity contribution in [1.82, 2.24) is 0 Å². The number of fused-ring (bicyclic) bond motifs is 2. The van der Waals surface area contributed by atoms with Crippen molar-refractivity contribution in [3.05, 3.63) is 35.4 Å². The van der Waals surface area contributed by atoms with Crippen LogP contribution >= 0.6 is 20.0 Å². The van der Waals surface area contributed by atoms with Crippen molar-refractivity contribution < 1.29 is 28.4 Å². The van der Waals surface area contributed by atoms with Crippen LogP contribution in [0, 0.1) is 0 Å². The molecule has 2 bridgehead atoms. The molecule has 0 spiro atoms. The number of carbonyl (C=O) groups excluding carboxylic acids is 1. The van der Waals surface area contributed by atoms with E-state index in [0.29, 0.717) is 25.3 Å². The summed E-state index contributed by atoms with van der Waals surface area (Å²) < 4.78 is 20.0. The van der Waals surface area contributed by atoms with Crippen LogP contribution in [-0.4, -0.2) is 40.7 Å². The number of carbonyl (C=O) groups is 1. The largest absolute Gasteiger partial charge is 0.469 e. The molecule has 148 valence electrons. The number of hydrogen-bond acceptors (Lipinski definition) is 6. The molecule has 2 N–H and O–H groups in total. The van der Waals surface area contributed by atoms with E-state index in [1.54, 1.807) is 0 Å². The molecule has 0 heterocycles. The summed E-state index contributed by atoms with van der Waals surface area (Å²) in [6, 6.07) is 8.46. The van der Waals surface area contributed by atoms with Crippen LogP contribution in [0.3, 0.4) is 0 Å². The van der Waals surface area contributed by atoms with Gasteiger partial charge in [0, 0.05) is 19.4 Å². The van der Waals surface area contributed by atoms with Crippen LogP contribution in [0.2, 0.25) is 0 Å². The minimum atomic E-state index is -4.46. The lowest BCUT2D eigenvalue weighted by Crippen LogP contribution is -2.12. The van der Waals surface area contributed by atoms with Crippen LogP contribution in [0.25, 0.3) is 0 Å². The zero-order chi connectivity index (χ0) is 19.7. The van der Waals surface area contributed by atoms with E-state index in [4.69, 9.17) is 14.5 Å². The topological polar surface area (TPSA) is 105 Å². The van der Waals surface area contributed by atoms with E-state index in [0.717, 1.165) is 12.8 Å². The zero-order valence-electron chi connectivity index (χ0n) is 15.0. The van der Waals surface area contributed by atoms with Crippen LogP contribution in [0.1, 0.15) is 55.1 Å². The number of aliphatic imine (C=N–C) groups is 1. The Morgan fingerprint density at radius 2 is 1.89 bits per heavy atom. The van der Waals surface area contributed by atoms with Crippen molar-refractivity contribution >= 4 is 31.2 Å². The molecule has 2 unspecified atom stereocenters. The number of thiocarbonyl (C=S) groups is 1. The van der Waals surface area contributed by atoms with Crippen molar-refractivity contribution in [2.24, 2.45) is 4.99 Å². The van der Waals surface area contributed by atoms with E-state index < -0.39 is 7.82 Å². The molecule has 0 aliphatic heterocycles. The van der Waals surface area contributed by atoms with E-state index >= 15 is 0 Å². The van der Waals surface area contributed by atoms with Crippen molar-refractivity contribution in [1.29, 1.82) is 0 Å². The molecule has 7 nitrogen and oxygen atoms in total. The fraction of sp³-hybridized carbons (Fsp3) is 0.556. The van der Waals surface area contributed by atoms with Crippen molar-refractivity contribution in [2.45, 2.75) is 43.9 Å². The second-order valence-corrected chi connectivity index (χ2v) is 7.86. The number of benzene rings is 1. The van der Waals surface area contributed by atoms with Crippen LogP contribution in [-0.2, 0) is 18.6 Å². The van der Waals surface area contributed by atoms with Gasteiger partial charge >= 0.3 is 13.8 Å². The number of nitrogens with zero attached hydrogens (tertiary/aromatic N) is 1. The average molecular weight is 413 g/mol. The third-order valence-electron chi connectivity index (χ3n) is 4.57. The highest BCUT2D eigenvalue weighted by Crippen LogP contribution is 2.45. The highest BCUT2D eigenvalue weighted by atomic mass is 32.1. The monoisotopic (exact) mass is 413 g/mol. The lowest BCUT2D eigenvalue weighted by atomic mass is 9.84. The highest BCUT2D eigenvalue weighted by Gasteiger charge is 2.30. The third kappa shape index (κ3) is 7.62. The zero-order valence-corrected chi connectivity index (χ0v) is 16.7. The van der Waals surface area contributed by atoms with Gasteiger partial charge in [-0.05, 0) is 54.4 Å². The van der Waals surface area contributed by atoms with Gasteiger partial charge in [-0.25, -0.2) is 9.56 Å². The molecular formula is C18H24NO6PS. The van der Waals surface area contributed by atoms with E-state index in [2.05, 4.69) is 45.1 Å². The Kier molecular flexibility index (Phi) is 8.77. The van der Waals surface area contributed by atoms with Crippen molar-refractivity contribution in [3.8, 4) is 0 Å². The smallest absolute Gasteiger partial charge is 0.466 e. The standard InChI is InChI=1S/C18H24NO6PS/c20-18(24-10-3-11-25-26(21,22)23)8-7-17-15-5-1-4-14(12-15)16(17)6-2-9-19-13-27/h1,4-5,12,16-17H,2-3,6-11H2,(H2,21,22,23). The first-order chi connectivity index (χ1) is 12.9. The molecule has 1 aliphatic rings. The Morgan fingerprint density at radius 3 is 2.56 bits per heavy atom. The lowest BCUT2D eigenvalue weighted by molar-refractivity contribution is -0.144. The number of esters is 1. The fourth-order valence-electron chi connectivity index (χ4n) is 3.43. The van der Waals surface area contributed by atoms with E-state index in [1.165, 1.54) is 11.1 Å². The SMILES string of the molecule is O=C(CCC1c2cccc(c2)C1CCCN=C=S)OCCCOP(=O)(O)O. The summed E-state index contributed by atoms with van der Waals surface area (Å²) in [4.78, 5) is 33.1. The Morgan fingerprint density at radius 1 is 1.19 bits per heavy atom. The molecule has 27 heavy (non-hydrogen) atoms. The molecule has 1 aromatic carbocycles. The summed E-state index contributed by atoms with van der Waals surface area (Å²) >= 11 is 4.59. The molecule has 0 aromatic heterocycles. The summed E-state index contributed by atoms with van der Waals surface area (Å²) in [6.07, 6.45) is 3.15. The number of rotatable bonds is 12. The van der Waals surface area contributed by atoms with E-state index in [-0.39, 0.29) is 31.5 Å². The highest BCUT2D eigenvalue weighted by molar-refractivity contribution is 7.78. The Balaban J connectivity index is 1.74. The summed E-state index contributed by atoms with van der Waals surface area (Å²) in [5, 5.41) is 2.38. The summed E-state index contributed by atoms with van der Waals surface area (Å²) in [6.45, 7) is 0.593. The number of ether oxygens (including phenoxy) is 1. The van der Waals surface area contributed by atoms with E-state index in [9.17, 15) is 9.36 Å². The van der Waals surface area contributed by atoms with Gasteiger partial charge in [-0.15, -0.1) is 0 Å². The molecule has 0 fully saturated rings. The molecule has 2 atom stereocenters. The Bertz CT molecular complexity index is 730. The number of phosphoric acid groups is 1. The van der Waals surface area contributed by atoms with Gasteiger partial charge in [0.2, 0.25) is 0 Å². The molecule has 0 radical (unpaired) electrons. The van der Waals surface area contributed by atoms with Crippen LogP contribution in [0.4, 0.5) is 0 Å². The van der Waals surface area contributed by atoms with Crippen LogP contribution in [0.15, 0.2) is 29.3 Å². The normalized spacial score (nSPS) is 18.1. The maximum atomic E-state index is 12.0. The minimum Gasteiger partial charge on any atom is -0.466 e. The van der Waals surface area contributed by atoms with E-state index in [1.807, 2.05) is 6.07 Å². The molecule has 0 saturated carbocycles. The molecule has 1 aromatic rings. The second kappa shape index (κ2) is 10.8. The molecule has 0 saturated heterocycles. The number of phosphoric ester groups is 1. The Labute approximate surface area is 164 Å². The van der Waals surface area contributed by atoms with Gasteiger partial charge in [-0.3, -0.25) is 9.32 Å². The van der Waals surface area contributed by atoms with Gasteiger partial charge < -0.3 is 14.5 Å². The first kappa shape index (κ1) is 21.9. The predicted molar refractivity (Wildman–Crippen MR) is 104 cm³/mol. The number of hydrogen-bond donors (Lipinski definition) is 2. The van der Waals surface area contributed by atoms with Crippen LogP contribution < -0.4 is 0 Å². The maximum Gasteiger partial charge on any atom is 0.469 e.